The van der Waals surface area contributed by atoms with Gasteiger partial charge in [-0.2, -0.15) is 0 Å². The summed E-state index contributed by atoms with van der Waals surface area (Å²) >= 11 is 0. The Kier molecular flexibility index (Phi) is 6.22. The van der Waals surface area contributed by atoms with E-state index >= 15 is 0 Å². The van der Waals surface area contributed by atoms with E-state index in [4.69, 9.17) is 18.8 Å². The molecule has 0 fully saturated rings. The Morgan fingerprint density at radius 1 is 0.365 bits per heavy atom. The highest BCUT2D eigenvalue weighted by atomic mass is 16.3. The highest BCUT2D eigenvalue weighted by Gasteiger charge is 2.21. The van der Waals surface area contributed by atoms with Crippen molar-refractivity contribution in [3.63, 3.8) is 0 Å². The van der Waals surface area contributed by atoms with E-state index in [1.54, 1.807) is 0 Å². The lowest BCUT2D eigenvalue weighted by Gasteiger charge is -2.11. The van der Waals surface area contributed by atoms with Crippen molar-refractivity contribution in [1.29, 1.82) is 0 Å². The zero-order valence-electron chi connectivity index (χ0n) is 27.9. The van der Waals surface area contributed by atoms with E-state index in [2.05, 4.69) is 133 Å². The Morgan fingerprint density at radius 3 is 1.90 bits per heavy atom. The third-order valence-corrected chi connectivity index (χ3v) is 10.3. The van der Waals surface area contributed by atoms with E-state index in [0.717, 1.165) is 66.4 Å². The molecule has 3 aromatic heterocycles. The van der Waals surface area contributed by atoms with Crippen LogP contribution in [-0.4, -0.2) is 9.97 Å². The van der Waals surface area contributed by atoms with Crippen LogP contribution in [0, 0.1) is 0 Å². The summed E-state index contributed by atoms with van der Waals surface area (Å²) in [6.45, 7) is 0. The quantitative estimate of drug-likeness (QED) is 0.176. The molecule has 3 heterocycles. The summed E-state index contributed by atoms with van der Waals surface area (Å²) in [5.74, 6) is 0.624. The Hall–Kier alpha value is -7.04. The summed E-state index contributed by atoms with van der Waals surface area (Å²) in [5, 5.41) is 7.90. The monoisotopic (exact) mass is 664 g/mol. The number of aromatic nitrogens is 2. The summed E-state index contributed by atoms with van der Waals surface area (Å²) in [6.07, 6.45) is 0. The lowest BCUT2D eigenvalue weighted by atomic mass is 9.93. The molecular formula is C48H28N2O2. The molecule has 0 aliphatic carbocycles. The molecule has 0 radical (unpaired) electrons. The van der Waals surface area contributed by atoms with Crippen molar-refractivity contribution in [2.45, 2.75) is 0 Å². The molecule has 8 aromatic carbocycles. The fourth-order valence-corrected chi connectivity index (χ4v) is 7.83. The number of benzene rings is 8. The van der Waals surface area contributed by atoms with E-state index in [0.29, 0.717) is 11.4 Å². The lowest BCUT2D eigenvalue weighted by Crippen LogP contribution is -1.94. The molecule has 0 N–H and O–H groups in total. The minimum absolute atomic E-state index is 0.624. The van der Waals surface area contributed by atoms with Gasteiger partial charge in [-0.1, -0.05) is 133 Å². The van der Waals surface area contributed by atoms with Crippen molar-refractivity contribution in [3.8, 4) is 44.9 Å². The first kappa shape index (κ1) is 28.8. The maximum atomic E-state index is 6.62. The van der Waals surface area contributed by atoms with Crippen molar-refractivity contribution in [2.75, 3.05) is 0 Å². The lowest BCUT2D eigenvalue weighted by molar-refractivity contribution is 0.667. The van der Waals surface area contributed by atoms with Gasteiger partial charge < -0.3 is 8.83 Å². The fourth-order valence-electron chi connectivity index (χ4n) is 7.83. The average Bonchev–Trinajstić information content (AvgIpc) is 3.79. The Balaban J connectivity index is 1.11. The summed E-state index contributed by atoms with van der Waals surface area (Å²) in [7, 11) is 0. The topological polar surface area (TPSA) is 52.1 Å². The number of fused-ring (bicyclic) bond motifs is 9. The molecule has 0 spiro atoms. The predicted octanol–water partition coefficient (Wildman–Crippen LogP) is 13.2. The van der Waals surface area contributed by atoms with Crippen LogP contribution in [-0.2, 0) is 0 Å². The largest absolute Gasteiger partial charge is 0.456 e. The maximum absolute atomic E-state index is 6.62. The maximum Gasteiger partial charge on any atom is 0.180 e. The van der Waals surface area contributed by atoms with Gasteiger partial charge in [-0.3, -0.25) is 0 Å². The molecule has 4 heteroatoms. The molecule has 0 saturated carbocycles. The van der Waals surface area contributed by atoms with Crippen LogP contribution in [0.1, 0.15) is 0 Å². The van der Waals surface area contributed by atoms with Crippen LogP contribution in [0.3, 0.4) is 0 Å². The zero-order chi connectivity index (χ0) is 34.2. The summed E-state index contributed by atoms with van der Waals surface area (Å²) in [6, 6.07) is 59.2. The van der Waals surface area contributed by atoms with Gasteiger partial charge in [0.2, 0.25) is 0 Å². The number of furan rings is 2. The van der Waals surface area contributed by atoms with Crippen LogP contribution in [0.4, 0.5) is 0 Å². The van der Waals surface area contributed by atoms with Crippen molar-refractivity contribution in [2.24, 2.45) is 0 Å². The van der Waals surface area contributed by atoms with E-state index in [-0.39, 0.29) is 0 Å². The Morgan fingerprint density at radius 2 is 1.04 bits per heavy atom. The van der Waals surface area contributed by atoms with Gasteiger partial charge in [0.05, 0.1) is 0 Å². The number of rotatable bonds is 4. The molecular weight excluding hydrogens is 637 g/mol. The van der Waals surface area contributed by atoms with Gasteiger partial charge in [0, 0.05) is 27.3 Å². The SMILES string of the molecule is c1ccc(-c2ccc(-c3nc(-c4cccc5oc6cc(-c7cc8ccccc8c8ccccc78)ccc6c45)nc4c3oc3ccccc34)cc2)cc1. The first-order valence-electron chi connectivity index (χ1n) is 17.5. The molecule has 52 heavy (non-hydrogen) atoms. The normalized spacial score (nSPS) is 11.8. The standard InChI is InChI=1S/C48H28N2O2/c1-2-11-29(12-3-1)30-21-23-31(24-22-30)45-47-46(38-17-8-9-19-41(38)52-47)50-48(49-45)39-18-10-20-42-44(39)37-26-25-33(28-43(37)51-42)40-27-32-13-4-5-14-34(32)35-15-6-7-16-36(35)40/h1-28H. The first-order chi connectivity index (χ1) is 25.8. The second kappa shape index (κ2) is 11.2. The van der Waals surface area contributed by atoms with Crippen LogP contribution < -0.4 is 0 Å². The molecule has 0 atom stereocenters. The minimum atomic E-state index is 0.624. The third kappa shape index (κ3) is 4.41. The van der Waals surface area contributed by atoms with Gasteiger partial charge in [0.1, 0.15) is 28.0 Å². The summed E-state index contributed by atoms with van der Waals surface area (Å²) in [4.78, 5) is 10.5. The molecule has 4 nitrogen and oxygen atoms in total. The third-order valence-electron chi connectivity index (χ3n) is 10.3. The molecule has 0 aliphatic heterocycles. The predicted molar refractivity (Wildman–Crippen MR) is 213 cm³/mol. The van der Waals surface area contributed by atoms with Gasteiger partial charge in [0.15, 0.2) is 11.4 Å². The van der Waals surface area contributed by atoms with E-state index < -0.39 is 0 Å². The van der Waals surface area contributed by atoms with Crippen molar-refractivity contribution < 1.29 is 8.83 Å². The fraction of sp³-hybridized carbons (Fsp3) is 0. The summed E-state index contributed by atoms with van der Waals surface area (Å²) < 4.78 is 13.1. The van der Waals surface area contributed by atoms with Crippen LogP contribution in [0.2, 0.25) is 0 Å². The minimum Gasteiger partial charge on any atom is -0.456 e. The van der Waals surface area contributed by atoms with Gasteiger partial charge in [-0.25, -0.2) is 9.97 Å². The van der Waals surface area contributed by atoms with Crippen LogP contribution in [0.25, 0.3) is 110 Å². The van der Waals surface area contributed by atoms with Crippen molar-refractivity contribution in [1.82, 2.24) is 9.97 Å². The zero-order valence-corrected chi connectivity index (χ0v) is 27.9. The van der Waals surface area contributed by atoms with Crippen LogP contribution in [0.15, 0.2) is 179 Å². The second-order valence-corrected chi connectivity index (χ2v) is 13.3. The number of nitrogens with zero attached hydrogens (tertiary/aromatic N) is 2. The Labute approximate surface area is 298 Å². The van der Waals surface area contributed by atoms with Gasteiger partial charge >= 0.3 is 0 Å². The molecule has 11 aromatic rings. The number of hydrogen-bond acceptors (Lipinski definition) is 4. The first-order valence-corrected chi connectivity index (χ1v) is 17.5. The van der Waals surface area contributed by atoms with Crippen molar-refractivity contribution >= 4 is 65.6 Å². The van der Waals surface area contributed by atoms with Gasteiger partial charge in [-0.05, 0) is 80.2 Å². The van der Waals surface area contributed by atoms with Crippen LogP contribution >= 0.6 is 0 Å². The molecule has 11 rings (SSSR count). The van der Waals surface area contributed by atoms with Gasteiger partial charge in [0.25, 0.3) is 0 Å². The highest BCUT2D eigenvalue weighted by molar-refractivity contribution is 6.16. The summed E-state index contributed by atoms with van der Waals surface area (Å²) in [5.41, 5.74) is 11.1. The Bertz CT molecular complexity index is 3170. The number of hydrogen-bond donors (Lipinski definition) is 0. The average molecular weight is 665 g/mol. The van der Waals surface area contributed by atoms with E-state index in [1.165, 1.54) is 32.7 Å². The molecule has 0 aliphatic rings. The molecule has 242 valence electrons. The van der Waals surface area contributed by atoms with E-state index in [9.17, 15) is 0 Å². The van der Waals surface area contributed by atoms with Gasteiger partial charge in [-0.15, -0.1) is 0 Å². The molecule has 0 saturated heterocycles. The van der Waals surface area contributed by atoms with E-state index in [1.807, 2.05) is 36.4 Å². The highest BCUT2D eigenvalue weighted by Crippen LogP contribution is 2.42. The second-order valence-electron chi connectivity index (χ2n) is 13.3. The number of para-hydroxylation sites is 1. The molecule has 0 amide bonds. The van der Waals surface area contributed by atoms with Crippen LogP contribution in [0.5, 0.6) is 0 Å². The molecule has 0 bridgehead atoms. The molecule has 0 unspecified atom stereocenters. The van der Waals surface area contributed by atoms with Crippen molar-refractivity contribution in [3.05, 3.63) is 170 Å². The smallest absolute Gasteiger partial charge is 0.180 e.